The maximum atomic E-state index is 11.2. The lowest BCUT2D eigenvalue weighted by atomic mass is 10.2. The van der Waals surface area contributed by atoms with Gasteiger partial charge in [0, 0.05) is 19.7 Å². The second-order valence-corrected chi connectivity index (χ2v) is 4.58. The molecule has 0 aliphatic heterocycles. The fourth-order valence-electron chi connectivity index (χ4n) is 1.84. The van der Waals surface area contributed by atoms with E-state index in [9.17, 15) is 4.79 Å². The lowest BCUT2D eigenvalue weighted by molar-refractivity contribution is 0.101. The molecule has 19 heavy (non-hydrogen) atoms. The Bertz CT molecular complexity index is 578. The first-order chi connectivity index (χ1) is 9.06. The molecule has 0 saturated carbocycles. The van der Waals surface area contributed by atoms with Gasteiger partial charge in [-0.05, 0) is 31.2 Å². The van der Waals surface area contributed by atoms with E-state index in [1.807, 2.05) is 38.2 Å². The van der Waals surface area contributed by atoms with Crippen molar-refractivity contribution >= 4 is 11.5 Å². The minimum absolute atomic E-state index is 0.0189. The molecule has 0 bridgehead atoms. The highest BCUT2D eigenvalue weighted by molar-refractivity contribution is 5.92. The van der Waals surface area contributed by atoms with Crippen molar-refractivity contribution in [2.75, 3.05) is 11.9 Å². The molecule has 0 aromatic carbocycles. The summed E-state index contributed by atoms with van der Waals surface area (Å²) in [6, 6.07) is 9.63. The van der Waals surface area contributed by atoms with Gasteiger partial charge >= 0.3 is 0 Å². The second-order valence-electron chi connectivity index (χ2n) is 4.58. The van der Waals surface area contributed by atoms with E-state index in [0.717, 1.165) is 17.1 Å². The third-order valence-electron chi connectivity index (χ3n) is 2.89. The van der Waals surface area contributed by atoms with E-state index in [2.05, 4.69) is 14.9 Å². The Labute approximate surface area is 113 Å². The van der Waals surface area contributed by atoms with E-state index < -0.39 is 0 Å². The second kappa shape index (κ2) is 5.61. The van der Waals surface area contributed by atoms with Crippen molar-refractivity contribution in [3.63, 3.8) is 0 Å². The molecule has 0 aliphatic carbocycles. The number of anilines is 1. The van der Waals surface area contributed by atoms with Gasteiger partial charge in [-0.3, -0.25) is 14.8 Å². The topological polar surface area (TPSA) is 46.1 Å². The number of hydrogen-bond donors (Lipinski definition) is 0. The molecule has 0 N–H and O–H groups in total. The summed E-state index contributed by atoms with van der Waals surface area (Å²) >= 11 is 0. The molecule has 4 nitrogen and oxygen atoms in total. The van der Waals surface area contributed by atoms with Crippen molar-refractivity contribution in [3.8, 4) is 0 Å². The van der Waals surface area contributed by atoms with Crippen LogP contribution in [0.4, 0.5) is 5.69 Å². The van der Waals surface area contributed by atoms with Crippen LogP contribution in [0.2, 0.25) is 0 Å². The molecule has 0 aliphatic rings. The highest BCUT2D eigenvalue weighted by Gasteiger charge is 2.06. The summed E-state index contributed by atoms with van der Waals surface area (Å²) in [5, 5.41) is 0. The van der Waals surface area contributed by atoms with Crippen molar-refractivity contribution in [1.29, 1.82) is 0 Å². The number of carbonyl (C=O) groups is 1. The number of aromatic nitrogens is 2. The van der Waals surface area contributed by atoms with Gasteiger partial charge in [-0.25, -0.2) is 0 Å². The first-order valence-corrected chi connectivity index (χ1v) is 6.17. The van der Waals surface area contributed by atoms with Crippen LogP contribution in [0.15, 0.2) is 36.5 Å². The normalized spacial score (nSPS) is 10.3. The molecule has 0 radical (unpaired) electrons. The summed E-state index contributed by atoms with van der Waals surface area (Å²) in [6.45, 7) is 4.21. The van der Waals surface area contributed by atoms with Crippen molar-refractivity contribution in [1.82, 2.24) is 9.97 Å². The summed E-state index contributed by atoms with van der Waals surface area (Å²) < 4.78 is 0. The number of aryl methyl sites for hydroxylation is 1. The van der Waals surface area contributed by atoms with Crippen LogP contribution >= 0.6 is 0 Å². The predicted octanol–water partition coefficient (Wildman–Crippen LogP) is 2.62. The number of Topliss-reactive ketones (excluding diaryl/α,β-unsaturated/α-hetero) is 1. The first kappa shape index (κ1) is 13.2. The van der Waals surface area contributed by atoms with Crippen LogP contribution in [0.1, 0.15) is 28.8 Å². The van der Waals surface area contributed by atoms with Gasteiger partial charge in [0.2, 0.25) is 0 Å². The zero-order chi connectivity index (χ0) is 13.8. The van der Waals surface area contributed by atoms with Gasteiger partial charge < -0.3 is 4.90 Å². The van der Waals surface area contributed by atoms with Crippen LogP contribution in [-0.4, -0.2) is 22.8 Å². The Morgan fingerprint density at radius 2 is 2.05 bits per heavy atom. The molecule has 2 rings (SSSR count). The van der Waals surface area contributed by atoms with Gasteiger partial charge in [-0.15, -0.1) is 0 Å². The number of ketones is 1. The molecule has 0 amide bonds. The third-order valence-corrected chi connectivity index (χ3v) is 2.89. The number of hydrogen-bond acceptors (Lipinski definition) is 4. The smallest absolute Gasteiger partial charge is 0.178 e. The summed E-state index contributed by atoms with van der Waals surface area (Å²) in [7, 11) is 1.98. The predicted molar refractivity (Wildman–Crippen MR) is 75.3 cm³/mol. The molecule has 98 valence electrons. The molecular weight excluding hydrogens is 238 g/mol. The minimum Gasteiger partial charge on any atom is -0.367 e. The Kier molecular flexibility index (Phi) is 3.90. The van der Waals surface area contributed by atoms with Crippen LogP contribution in [0.25, 0.3) is 0 Å². The van der Waals surface area contributed by atoms with Gasteiger partial charge in [0.1, 0.15) is 5.69 Å². The van der Waals surface area contributed by atoms with Crippen LogP contribution in [0.3, 0.4) is 0 Å². The molecule has 0 saturated heterocycles. The monoisotopic (exact) mass is 255 g/mol. The fraction of sp³-hybridized carbons (Fsp3) is 0.267. The van der Waals surface area contributed by atoms with Crippen LogP contribution in [-0.2, 0) is 6.54 Å². The SMILES string of the molecule is CC(=O)c1ccc(N(C)Cc2cccc(C)n2)cn1. The minimum atomic E-state index is -0.0189. The molecule has 0 fully saturated rings. The lowest BCUT2D eigenvalue weighted by Gasteiger charge is -2.18. The van der Waals surface area contributed by atoms with E-state index in [1.165, 1.54) is 6.92 Å². The zero-order valence-corrected chi connectivity index (χ0v) is 11.4. The molecular formula is C15H17N3O. The summed E-state index contributed by atoms with van der Waals surface area (Å²) in [5.74, 6) is -0.0189. The molecule has 4 heteroatoms. The van der Waals surface area contributed by atoms with Gasteiger partial charge in [0.15, 0.2) is 5.78 Å². The van der Waals surface area contributed by atoms with Gasteiger partial charge in [0.05, 0.1) is 24.1 Å². The first-order valence-electron chi connectivity index (χ1n) is 6.17. The average molecular weight is 255 g/mol. The molecule has 2 aromatic rings. The quantitative estimate of drug-likeness (QED) is 0.788. The van der Waals surface area contributed by atoms with Gasteiger partial charge in [-0.2, -0.15) is 0 Å². The van der Waals surface area contributed by atoms with Crippen LogP contribution in [0, 0.1) is 6.92 Å². The van der Waals surface area contributed by atoms with Crippen molar-refractivity contribution < 1.29 is 4.79 Å². The lowest BCUT2D eigenvalue weighted by Crippen LogP contribution is -2.17. The molecule has 0 atom stereocenters. The summed E-state index contributed by atoms with van der Waals surface area (Å²) in [4.78, 5) is 21.8. The standard InChI is InChI=1S/C15H17N3O/c1-11-5-4-6-13(17-11)10-18(3)14-7-8-15(12(2)19)16-9-14/h4-9H,10H2,1-3H3. The number of rotatable bonds is 4. The summed E-state index contributed by atoms with van der Waals surface area (Å²) in [6.07, 6.45) is 1.71. The van der Waals surface area contributed by atoms with Crippen molar-refractivity contribution in [2.45, 2.75) is 20.4 Å². The largest absolute Gasteiger partial charge is 0.367 e. The van der Waals surface area contributed by atoms with Crippen molar-refractivity contribution in [2.24, 2.45) is 0 Å². The van der Waals surface area contributed by atoms with E-state index in [0.29, 0.717) is 12.2 Å². The number of nitrogens with zero attached hydrogens (tertiary/aromatic N) is 3. The maximum absolute atomic E-state index is 11.2. The Morgan fingerprint density at radius 3 is 2.63 bits per heavy atom. The highest BCUT2D eigenvalue weighted by atomic mass is 16.1. The molecule has 0 spiro atoms. The Balaban J connectivity index is 2.11. The van der Waals surface area contributed by atoms with Gasteiger partial charge in [0.25, 0.3) is 0 Å². The maximum Gasteiger partial charge on any atom is 0.178 e. The molecule has 2 aromatic heterocycles. The third kappa shape index (κ3) is 3.37. The summed E-state index contributed by atoms with van der Waals surface area (Å²) in [5.41, 5.74) is 3.48. The van der Waals surface area contributed by atoms with Crippen LogP contribution < -0.4 is 4.90 Å². The zero-order valence-electron chi connectivity index (χ0n) is 11.4. The van der Waals surface area contributed by atoms with Crippen LogP contribution in [0.5, 0.6) is 0 Å². The van der Waals surface area contributed by atoms with Gasteiger partial charge in [-0.1, -0.05) is 6.07 Å². The Hall–Kier alpha value is -2.23. The Morgan fingerprint density at radius 1 is 1.26 bits per heavy atom. The van der Waals surface area contributed by atoms with E-state index >= 15 is 0 Å². The number of carbonyl (C=O) groups excluding carboxylic acids is 1. The molecule has 2 heterocycles. The number of pyridine rings is 2. The van der Waals surface area contributed by atoms with E-state index in [1.54, 1.807) is 12.3 Å². The molecule has 0 unspecified atom stereocenters. The van der Waals surface area contributed by atoms with E-state index in [4.69, 9.17) is 0 Å². The highest BCUT2D eigenvalue weighted by Crippen LogP contribution is 2.14. The van der Waals surface area contributed by atoms with E-state index in [-0.39, 0.29) is 5.78 Å². The van der Waals surface area contributed by atoms with Crippen molar-refractivity contribution in [3.05, 3.63) is 53.6 Å². The average Bonchev–Trinajstić information content (AvgIpc) is 2.39. The fourth-order valence-corrected chi connectivity index (χ4v) is 1.84.